The molecule has 1 N–H and O–H groups in total. The second-order valence-electron chi connectivity index (χ2n) is 4.81. The monoisotopic (exact) mass is 306 g/mol. The molecule has 94 valence electrons. The molecular formula is C15H15BrO2. The van der Waals surface area contributed by atoms with Crippen molar-refractivity contribution < 1.29 is 9.84 Å². The Bertz CT molecular complexity index is 567. The molecule has 1 saturated carbocycles. The number of aliphatic hydroxyl groups excluding tert-OH is 1. The minimum Gasteiger partial charge on any atom is -0.488 e. The second kappa shape index (κ2) is 4.90. The fraction of sp³-hybridized carbons (Fsp3) is 0.333. The van der Waals surface area contributed by atoms with Crippen molar-refractivity contribution in [2.24, 2.45) is 0 Å². The average Bonchev–Trinajstić information content (AvgIpc) is 2.75. The number of fused-ring (bicyclic) bond motifs is 1. The minimum absolute atomic E-state index is 0.0436. The SMILES string of the molecule is O[C@H]1CCC[C@@H]1Oc1ccc2cc(Br)ccc2c1. The van der Waals surface area contributed by atoms with E-state index in [1.54, 1.807) is 0 Å². The summed E-state index contributed by atoms with van der Waals surface area (Å²) in [4.78, 5) is 0. The topological polar surface area (TPSA) is 29.5 Å². The van der Waals surface area contributed by atoms with Gasteiger partial charge in [-0.2, -0.15) is 0 Å². The summed E-state index contributed by atoms with van der Waals surface area (Å²) in [7, 11) is 0. The number of ether oxygens (including phenoxy) is 1. The van der Waals surface area contributed by atoms with Crippen LogP contribution in [0.2, 0.25) is 0 Å². The number of aliphatic hydroxyl groups is 1. The number of hydrogen-bond donors (Lipinski definition) is 1. The van der Waals surface area contributed by atoms with Gasteiger partial charge in [0, 0.05) is 4.47 Å². The van der Waals surface area contributed by atoms with Crippen molar-refractivity contribution in [2.45, 2.75) is 31.5 Å². The van der Waals surface area contributed by atoms with Crippen molar-refractivity contribution in [3.8, 4) is 5.75 Å². The van der Waals surface area contributed by atoms with Crippen LogP contribution in [0, 0.1) is 0 Å². The van der Waals surface area contributed by atoms with Crippen LogP contribution in [0.3, 0.4) is 0 Å². The number of benzene rings is 2. The first-order valence-corrected chi connectivity index (χ1v) is 7.06. The van der Waals surface area contributed by atoms with Gasteiger partial charge in [0.15, 0.2) is 0 Å². The number of halogens is 1. The maximum absolute atomic E-state index is 9.77. The Morgan fingerprint density at radius 3 is 2.61 bits per heavy atom. The van der Waals surface area contributed by atoms with Crippen LogP contribution in [0.25, 0.3) is 10.8 Å². The molecule has 1 fully saturated rings. The second-order valence-corrected chi connectivity index (χ2v) is 5.72. The molecule has 0 spiro atoms. The molecule has 0 heterocycles. The Morgan fingerprint density at radius 2 is 1.83 bits per heavy atom. The molecule has 0 amide bonds. The molecule has 3 rings (SSSR count). The van der Waals surface area contributed by atoms with Gasteiger partial charge in [-0.3, -0.25) is 0 Å². The lowest BCUT2D eigenvalue weighted by Gasteiger charge is -2.17. The van der Waals surface area contributed by atoms with Crippen LogP contribution in [0.15, 0.2) is 40.9 Å². The highest BCUT2D eigenvalue weighted by atomic mass is 79.9. The van der Waals surface area contributed by atoms with Gasteiger partial charge in [0.2, 0.25) is 0 Å². The average molecular weight is 307 g/mol. The van der Waals surface area contributed by atoms with Gasteiger partial charge >= 0.3 is 0 Å². The van der Waals surface area contributed by atoms with Crippen LogP contribution in [0.1, 0.15) is 19.3 Å². The first-order chi connectivity index (χ1) is 8.72. The summed E-state index contributed by atoms with van der Waals surface area (Å²) < 4.78 is 6.94. The Balaban J connectivity index is 1.86. The van der Waals surface area contributed by atoms with Gasteiger partial charge in [0.1, 0.15) is 11.9 Å². The van der Waals surface area contributed by atoms with Crippen molar-refractivity contribution >= 4 is 26.7 Å². The fourth-order valence-electron chi connectivity index (χ4n) is 2.49. The first-order valence-electron chi connectivity index (χ1n) is 6.26. The van der Waals surface area contributed by atoms with E-state index in [0.29, 0.717) is 0 Å². The molecule has 1 aliphatic rings. The lowest BCUT2D eigenvalue weighted by Crippen LogP contribution is -2.25. The molecule has 0 aliphatic heterocycles. The largest absolute Gasteiger partial charge is 0.488 e. The van der Waals surface area contributed by atoms with Crippen LogP contribution in [0.4, 0.5) is 0 Å². The third-order valence-corrected chi connectivity index (χ3v) is 3.97. The Hall–Kier alpha value is -1.06. The zero-order chi connectivity index (χ0) is 12.5. The first kappa shape index (κ1) is 12.0. The molecule has 1 aliphatic carbocycles. The summed E-state index contributed by atoms with van der Waals surface area (Å²) in [6.45, 7) is 0. The quantitative estimate of drug-likeness (QED) is 0.912. The third kappa shape index (κ3) is 2.38. The highest BCUT2D eigenvalue weighted by Crippen LogP contribution is 2.28. The highest BCUT2D eigenvalue weighted by molar-refractivity contribution is 9.10. The molecule has 0 aromatic heterocycles. The Labute approximate surface area is 115 Å². The van der Waals surface area contributed by atoms with E-state index in [-0.39, 0.29) is 12.2 Å². The maximum atomic E-state index is 9.77. The van der Waals surface area contributed by atoms with Gasteiger partial charge < -0.3 is 9.84 Å². The smallest absolute Gasteiger partial charge is 0.124 e. The molecule has 0 radical (unpaired) electrons. The maximum Gasteiger partial charge on any atom is 0.124 e. The van der Waals surface area contributed by atoms with E-state index < -0.39 is 0 Å². The number of hydrogen-bond acceptors (Lipinski definition) is 2. The van der Waals surface area contributed by atoms with Crippen LogP contribution < -0.4 is 4.74 Å². The van der Waals surface area contributed by atoms with Crippen LogP contribution in [-0.2, 0) is 0 Å². The van der Waals surface area contributed by atoms with Gasteiger partial charge in [0.05, 0.1) is 6.10 Å². The van der Waals surface area contributed by atoms with Gasteiger partial charge in [-0.15, -0.1) is 0 Å². The fourth-order valence-corrected chi connectivity index (χ4v) is 2.87. The summed E-state index contributed by atoms with van der Waals surface area (Å²) >= 11 is 3.47. The molecule has 0 saturated heterocycles. The van der Waals surface area contributed by atoms with Crippen molar-refractivity contribution in [2.75, 3.05) is 0 Å². The molecule has 2 aromatic carbocycles. The summed E-state index contributed by atoms with van der Waals surface area (Å²) in [6.07, 6.45) is 2.49. The number of rotatable bonds is 2. The third-order valence-electron chi connectivity index (χ3n) is 3.48. The van der Waals surface area contributed by atoms with E-state index in [9.17, 15) is 5.11 Å². The van der Waals surface area contributed by atoms with E-state index in [2.05, 4.69) is 34.1 Å². The van der Waals surface area contributed by atoms with E-state index in [4.69, 9.17) is 4.74 Å². The summed E-state index contributed by atoms with van der Waals surface area (Å²) in [6, 6.07) is 12.2. The molecule has 3 heteroatoms. The van der Waals surface area contributed by atoms with Crippen molar-refractivity contribution in [3.63, 3.8) is 0 Å². The molecule has 0 unspecified atom stereocenters. The Kier molecular flexibility index (Phi) is 3.27. The summed E-state index contributed by atoms with van der Waals surface area (Å²) in [5.74, 6) is 0.843. The van der Waals surface area contributed by atoms with Crippen molar-refractivity contribution in [1.29, 1.82) is 0 Å². The van der Waals surface area contributed by atoms with E-state index in [0.717, 1.165) is 34.9 Å². The van der Waals surface area contributed by atoms with Crippen molar-refractivity contribution in [3.05, 3.63) is 40.9 Å². The molecule has 2 atom stereocenters. The van der Waals surface area contributed by atoms with Crippen molar-refractivity contribution in [1.82, 2.24) is 0 Å². The lowest BCUT2D eigenvalue weighted by atomic mass is 10.1. The highest BCUT2D eigenvalue weighted by Gasteiger charge is 2.26. The summed E-state index contributed by atoms with van der Waals surface area (Å²) in [5, 5.41) is 12.1. The van der Waals surface area contributed by atoms with E-state index in [1.807, 2.05) is 18.2 Å². The zero-order valence-corrected chi connectivity index (χ0v) is 11.6. The normalized spacial score (nSPS) is 23.4. The minimum atomic E-state index is -0.314. The lowest BCUT2D eigenvalue weighted by molar-refractivity contribution is 0.0605. The molecule has 0 bridgehead atoms. The van der Waals surface area contributed by atoms with E-state index in [1.165, 1.54) is 5.39 Å². The van der Waals surface area contributed by atoms with Crippen LogP contribution >= 0.6 is 15.9 Å². The van der Waals surface area contributed by atoms with Crippen LogP contribution in [-0.4, -0.2) is 17.3 Å². The molecule has 2 nitrogen and oxygen atoms in total. The van der Waals surface area contributed by atoms with E-state index >= 15 is 0 Å². The van der Waals surface area contributed by atoms with Gasteiger partial charge in [0.25, 0.3) is 0 Å². The summed E-state index contributed by atoms with van der Waals surface area (Å²) in [5.41, 5.74) is 0. The zero-order valence-electron chi connectivity index (χ0n) is 9.97. The molecule has 18 heavy (non-hydrogen) atoms. The van der Waals surface area contributed by atoms with Gasteiger partial charge in [-0.1, -0.05) is 28.1 Å². The Morgan fingerprint density at radius 1 is 1.06 bits per heavy atom. The predicted octanol–water partition coefficient (Wildman–Crippen LogP) is 3.89. The van der Waals surface area contributed by atoms with Crippen LogP contribution in [0.5, 0.6) is 5.75 Å². The van der Waals surface area contributed by atoms with Gasteiger partial charge in [-0.05, 0) is 54.3 Å². The standard InChI is InChI=1S/C15H15BrO2/c16-12-6-4-11-9-13(7-5-10(11)8-12)18-15-3-1-2-14(15)17/h4-9,14-15,17H,1-3H2/t14-,15-/m0/s1. The molecular weight excluding hydrogens is 292 g/mol. The molecule has 2 aromatic rings. The predicted molar refractivity (Wildman–Crippen MR) is 75.9 cm³/mol. The van der Waals surface area contributed by atoms with Gasteiger partial charge in [-0.25, -0.2) is 0 Å².